The molecule has 0 bridgehead atoms. The van der Waals surface area contributed by atoms with Crippen LogP contribution in [-0.2, 0) is 4.74 Å². The molecule has 112 valence electrons. The number of hydrogen-bond acceptors (Lipinski definition) is 1. The van der Waals surface area contributed by atoms with Gasteiger partial charge in [-0.15, -0.1) is 0 Å². The molecule has 1 heterocycles. The van der Waals surface area contributed by atoms with Crippen LogP contribution in [0.3, 0.4) is 0 Å². The van der Waals surface area contributed by atoms with E-state index >= 15 is 0 Å². The van der Waals surface area contributed by atoms with Gasteiger partial charge in [0.2, 0.25) is 0 Å². The molecule has 0 aromatic carbocycles. The van der Waals surface area contributed by atoms with Crippen LogP contribution in [0, 0.1) is 22.7 Å². The van der Waals surface area contributed by atoms with Crippen molar-refractivity contribution in [2.24, 2.45) is 22.7 Å². The van der Waals surface area contributed by atoms with Gasteiger partial charge in [-0.3, -0.25) is 0 Å². The Hall–Kier alpha value is -0.300. The van der Waals surface area contributed by atoms with E-state index in [1.807, 2.05) is 5.57 Å². The fourth-order valence-corrected chi connectivity index (χ4v) is 6.45. The predicted molar refractivity (Wildman–Crippen MR) is 82.6 cm³/mol. The van der Waals surface area contributed by atoms with Crippen molar-refractivity contribution < 1.29 is 4.74 Å². The van der Waals surface area contributed by atoms with Crippen LogP contribution in [0.5, 0.6) is 0 Å². The Bertz CT molecular complexity index is 451. The highest BCUT2D eigenvalue weighted by atomic mass is 16.5. The third-order valence-electron chi connectivity index (χ3n) is 7.59. The van der Waals surface area contributed by atoms with Gasteiger partial charge >= 0.3 is 0 Å². The molecule has 20 heavy (non-hydrogen) atoms. The zero-order valence-electron chi connectivity index (χ0n) is 13.5. The molecule has 2 saturated carbocycles. The normalized spacial score (nSPS) is 51.5. The van der Waals surface area contributed by atoms with Crippen molar-refractivity contribution in [2.45, 2.75) is 78.2 Å². The van der Waals surface area contributed by atoms with Crippen molar-refractivity contribution in [1.82, 2.24) is 0 Å². The summed E-state index contributed by atoms with van der Waals surface area (Å²) in [6, 6.07) is 0. The van der Waals surface area contributed by atoms with Gasteiger partial charge in [0.15, 0.2) is 0 Å². The van der Waals surface area contributed by atoms with Crippen LogP contribution in [0.4, 0.5) is 0 Å². The Kier molecular flexibility index (Phi) is 2.91. The molecule has 0 N–H and O–H groups in total. The Morgan fingerprint density at radius 2 is 1.90 bits per heavy atom. The van der Waals surface area contributed by atoms with Gasteiger partial charge in [0.05, 0.1) is 6.10 Å². The van der Waals surface area contributed by atoms with Crippen molar-refractivity contribution in [3.8, 4) is 0 Å². The van der Waals surface area contributed by atoms with E-state index < -0.39 is 0 Å². The molecular formula is C19H30O. The van der Waals surface area contributed by atoms with E-state index in [0.29, 0.717) is 16.9 Å². The molecule has 4 rings (SSSR count). The van der Waals surface area contributed by atoms with Gasteiger partial charge in [-0.2, -0.15) is 0 Å². The first-order valence-corrected chi connectivity index (χ1v) is 8.85. The van der Waals surface area contributed by atoms with Crippen molar-refractivity contribution >= 4 is 0 Å². The smallest absolute Gasteiger partial charge is 0.0660 e. The van der Waals surface area contributed by atoms with Gasteiger partial charge in [-0.25, -0.2) is 0 Å². The molecular weight excluding hydrogens is 244 g/mol. The summed E-state index contributed by atoms with van der Waals surface area (Å²) in [5, 5.41) is 0. The molecule has 5 atom stereocenters. The molecule has 0 unspecified atom stereocenters. The summed E-state index contributed by atoms with van der Waals surface area (Å²) >= 11 is 0. The average molecular weight is 274 g/mol. The van der Waals surface area contributed by atoms with Crippen molar-refractivity contribution in [3.05, 3.63) is 11.1 Å². The Morgan fingerprint density at radius 3 is 2.75 bits per heavy atom. The molecule has 0 spiro atoms. The van der Waals surface area contributed by atoms with Crippen LogP contribution in [0.1, 0.15) is 72.1 Å². The first-order valence-electron chi connectivity index (χ1n) is 8.85. The van der Waals surface area contributed by atoms with Crippen molar-refractivity contribution in [2.75, 3.05) is 6.61 Å². The second-order valence-corrected chi connectivity index (χ2v) is 8.57. The first-order chi connectivity index (χ1) is 9.55. The third kappa shape index (κ3) is 1.65. The molecule has 1 aliphatic heterocycles. The Labute approximate surface area is 124 Å². The van der Waals surface area contributed by atoms with E-state index in [4.69, 9.17) is 4.74 Å². The number of ether oxygens (including phenoxy) is 1. The number of hydrogen-bond donors (Lipinski definition) is 0. The summed E-state index contributed by atoms with van der Waals surface area (Å²) in [6.07, 6.45) is 11.7. The number of rotatable bonds is 0. The SMILES string of the molecule is CC1=C2CC[C@H]3[C@@H]4OCC[C@@]4(C)CC[C@@H]3[C@@]2(C)CCC1. The predicted octanol–water partition coefficient (Wildman–Crippen LogP) is 5.11. The van der Waals surface area contributed by atoms with E-state index in [9.17, 15) is 0 Å². The fourth-order valence-electron chi connectivity index (χ4n) is 6.45. The second kappa shape index (κ2) is 4.35. The van der Waals surface area contributed by atoms with E-state index in [1.165, 1.54) is 51.4 Å². The standard InChI is InChI=1S/C19H30O/c1-13-5-4-9-19(3)15(13)7-6-14-16(19)8-10-18(2)11-12-20-17(14)18/h14,16-17H,4-12H2,1-3H3/t14-,16+,17+,18-,19+/m1/s1. The van der Waals surface area contributed by atoms with Gasteiger partial charge < -0.3 is 4.74 Å². The maximum absolute atomic E-state index is 6.26. The lowest BCUT2D eigenvalue weighted by Gasteiger charge is -2.57. The molecule has 0 radical (unpaired) electrons. The number of allylic oxidation sites excluding steroid dienone is 2. The van der Waals surface area contributed by atoms with E-state index in [2.05, 4.69) is 20.8 Å². The first kappa shape index (κ1) is 13.4. The highest BCUT2D eigenvalue weighted by Gasteiger charge is 2.57. The van der Waals surface area contributed by atoms with Gasteiger partial charge in [0, 0.05) is 6.61 Å². The fraction of sp³-hybridized carbons (Fsp3) is 0.895. The summed E-state index contributed by atoms with van der Waals surface area (Å²) in [7, 11) is 0. The zero-order chi connectivity index (χ0) is 14.0. The molecule has 3 aliphatic carbocycles. The summed E-state index contributed by atoms with van der Waals surface area (Å²) in [4.78, 5) is 0. The monoisotopic (exact) mass is 274 g/mol. The van der Waals surface area contributed by atoms with Crippen LogP contribution < -0.4 is 0 Å². The maximum atomic E-state index is 6.26. The van der Waals surface area contributed by atoms with E-state index in [1.54, 1.807) is 5.57 Å². The molecule has 1 heteroatoms. The Balaban J connectivity index is 1.71. The quantitative estimate of drug-likeness (QED) is 0.558. The minimum Gasteiger partial charge on any atom is -0.377 e. The molecule has 0 amide bonds. The minimum absolute atomic E-state index is 0.502. The van der Waals surface area contributed by atoms with Gasteiger partial charge in [-0.05, 0) is 81.0 Å². The summed E-state index contributed by atoms with van der Waals surface area (Å²) in [5.74, 6) is 1.74. The van der Waals surface area contributed by atoms with E-state index in [-0.39, 0.29) is 0 Å². The maximum Gasteiger partial charge on any atom is 0.0660 e. The minimum atomic E-state index is 0.502. The van der Waals surface area contributed by atoms with Crippen molar-refractivity contribution in [1.29, 1.82) is 0 Å². The Morgan fingerprint density at radius 1 is 1.05 bits per heavy atom. The van der Waals surface area contributed by atoms with Gasteiger partial charge in [0.25, 0.3) is 0 Å². The lowest BCUT2D eigenvalue weighted by Crippen LogP contribution is -2.52. The highest BCUT2D eigenvalue weighted by molar-refractivity contribution is 5.28. The van der Waals surface area contributed by atoms with Crippen LogP contribution >= 0.6 is 0 Å². The third-order valence-corrected chi connectivity index (χ3v) is 7.59. The molecule has 3 fully saturated rings. The van der Waals surface area contributed by atoms with Gasteiger partial charge in [0.1, 0.15) is 0 Å². The lowest BCUT2D eigenvalue weighted by atomic mass is 9.48. The van der Waals surface area contributed by atoms with Crippen LogP contribution in [0.25, 0.3) is 0 Å². The summed E-state index contributed by atoms with van der Waals surface area (Å²) < 4.78 is 6.26. The lowest BCUT2D eigenvalue weighted by molar-refractivity contribution is -0.0900. The largest absolute Gasteiger partial charge is 0.377 e. The van der Waals surface area contributed by atoms with Gasteiger partial charge in [-0.1, -0.05) is 25.0 Å². The van der Waals surface area contributed by atoms with Crippen LogP contribution in [-0.4, -0.2) is 12.7 Å². The average Bonchev–Trinajstić information content (AvgIpc) is 2.80. The van der Waals surface area contributed by atoms with Crippen LogP contribution in [0.2, 0.25) is 0 Å². The number of fused-ring (bicyclic) bond motifs is 5. The summed E-state index contributed by atoms with van der Waals surface area (Å²) in [6.45, 7) is 8.52. The molecule has 0 aromatic rings. The molecule has 0 aromatic heterocycles. The van der Waals surface area contributed by atoms with Crippen LogP contribution in [0.15, 0.2) is 11.1 Å². The summed E-state index contributed by atoms with van der Waals surface area (Å²) in [5.41, 5.74) is 4.60. The molecule has 4 aliphatic rings. The highest BCUT2D eigenvalue weighted by Crippen LogP contribution is 2.62. The molecule has 1 nitrogen and oxygen atoms in total. The zero-order valence-corrected chi connectivity index (χ0v) is 13.5. The molecule has 1 saturated heterocycles. The van der Waals surface area contributed by atoms with Crippen molar-refractivity contribution in [3.63, 3.8) is 0 Å². The van der Waals surface area contributed by atoms with E-state index in [0.717, 1.165) is 18.4 Å². The second-order valence-electron chi connectivity index (χ2n) is 8.57. The topological polar surface area (TPSA) is 9.23 Å².